The molecule has 0 bridgehead atoms. The highest BCUT2D eigenvalue weighted by Crippen LogP contribution is 2.28. The average molecular weight is 414 g/mol. The van der Waals surface area contributed by atoms with E-state index in [1.807, 2.05) is 24.3 Å². The van der Waals surface area contributed by atoms with Crippen molar-refractivity contribution in [3.8, 4) is 5.75 Å². The fourth-order valence-electron chi connectivity index (χ4n) is 2.93. The van der Waals surface area contributed by atoms with E-state index >= 15 is 0 Å². The fraction of sp³-hybridized carbons (Fsp3) is 0.278. The molecule has 10 heteroatoms. The molecule has 2 aromatic rings. The third-order valence-electron chi connectivity index (χ3n) is 4.19. The van der Waals surface area contributed by atoms with Gasteiger partial charge in [-0.3, -0.25) is 4.79 Å². The van der Waals surface area contributed by atoms with Gasteiger partial charge in [0.2, 0.25) is 15.9 Å². The average Bonchev–Trinajstić information content (AvgIpc) is 3.05. The number of rotatable bonds is 6. The number of anilines is 1. The van der Waals surface area contributed by atoms with Gasteiger partial charge in [0.25, 0.3) is 0 Å². The minimum atomic E-state index is -4.85. The first-order chi connectivity index (χ1) is 13.2. The van der Waals surface area contributed by atoms with Crippen LogP contribution in [0.1, 0.15) is 12.0 Å². The van der Waals surface area contributed by atoms with Gasteiger partial charge in [-0.1, -0.05) is 18.2 Å². The lowest BCUT2D eigenvalue weighted by Crippen LogP contribution is -2.33. The summed E-state index contributed by atoms with van der Waals surface area (Å²) in [6, 6.07) is 11.3. The maximum absolute atomic E-state index is 12.4. The molecule has 0 aliphatic carbocycles. The lowest BCUT2D eigenvalue weighted by Gasteiger charge is -2.17. The fourth-order valence-corrected chi connectivity index (χ4v) is 3.96. The van der Waals surface area contributed by atoms with Crippen LogP contribution in [0, 0.1) is 0 Å². The zero-order valence-corrected chi connectivity index (χ0v) is 15.4. The zero-order valence-electron chi connectivity index (χ0n) is 14.6. The summed E-state index contributed by atoms with van der Waals surface area (Å²) < 4.78 is 66.9. The van der Waals surface area contributed by atoms with Gasteiger partial charge in [0.05, 0.1) is 4.90 Å². The number of nitrogens with zero attached hydrogens (tertiary/aromatic N) is 1. The number of nitrogens with one attached hydrogen (secondary N) is 1. The van der Waals surface area contributed by atoms with Crippen molar-refractivity contribution >= 4 is 21.6 Å². The first-order valence-electron chi connectivity index (χ1n) is 8.39. The summed E-state index contributed by atoms with van der Waals surface area (Å²) in [6.45, 7) is 0.423. The Bertz CT molecular complexity index is 960. The Morgan fingerprint density at radius 3 is 2.46 bits per heavy atom. The standard InChI is InChI=1S/C18H17F3N2O4S/c19-18(20,21)27-14-5-7-15(8-6-14)28(25,26)22-11-9-17(24)23-12-10-13-3-1-2-4-16(13)23/h1-8,22H,9-12H2. The van der Waals surface area contributed by atoms with Crippen molar-refractivity contribution in [1.82, 2.24) is 4.72 Å². The number of benzene rings is 2. The van der Waals surface area contributed by atoms with Gasteiger partial charge in [-0.15, -0.1) is 13.2 Å². The minimum Gasteiger partial charge on any atom is -0.406 e. The maximum Gasteiger partial charge on any atom is 0.573 e. The third-order valence-corrected chi connectivity index (χ3v) is 5.66. The molecule has 0 spiro atoms. The molecule has 0 unspecified atom stereocenters. The molecule has 1 aliphatic rings. The number of alkyl halides is 3. The summed E-state index contributed by atoms with van der Waals surface area (Å²) in [7, 11) is -3.96. The minimum absolute atomic E-state index is 0.0389. The van der Waals surface area contributed by atoms with E-state index in [2.05, 4.69) is 9.46 Å². The van der Waals surface area contributed by atoms with Crippen LogP contribution in [0.3, 0.4) is 0 Å². The summed E-state index contributed by atoms with van der Waals surface area (Å²) >= 11 is 0. The molecule has 0 fully saturated rings. The Morgan fingerprint density at radius 1 is 1.11 bits per heavy atom. The number of carbonyl (C=O) groups excluding carboxylic acids is 1. The van der Waals surface area contributed by atoms with E-state index in [9.17, 15) is 26.4 Å². The van der Waals surface area contributed by atoms with Crippen LogP contribution >= 0.6 is 0 Å². The summed E-state index contributed by atoms with van der Waals surface area (Å²) in [5.41, 5.74) is 1.90. The molecule has 0 saturated heterocycles. The van der Waals surface area contributed by atoms with Crippen molar-refractivity contribution in [3.63, 3.8) is 0 Å². The largest absolute Gasteiger partial charge is 0.573 e. The second kappa shape index (κ2) is 7.80. The molecule has 0 aromatic heterocycles. The van der Waals surface area contributed by atoms with Gasteiger partial charge in [0.15, 0.2) is 0 Å². The van der Waals surface area contributed by atoms with Crippen molar-refractivity contribution < 1.29 is 31.1 Å². The Balaban J connectivity index is 1.56. The van der Waals surface area contributed by atoms with Crippen molar-refractivity contribution in [2.75, 3.05) is 18.0 Å². The Labute approximate surface area is 160 Å². The number of fused-ring (bicyclic) bond motifs is 1. The van der Waals surface area contributed by atoms with E-state index < -0.39 is 22.1 Å². The maximum atomic E-state index is 12.4. The first kappa shape index (κ1) is 20.2. The van der Waals surface area contributed by atoms with Gasteiger partial charge in [-0.25, -0.2) is 13.1 Å². The molecular weight excluding hydrogens is 397 g/mol. The van der Waals surface area contributed by atoms with E-state index in [0.717, 1.165) is 41.9 Å². The van der Waals surface area contributed by atoms with Crippen LogP contribution in [-0.4, -0.2) is 33.8 Å². The van der Waals surface area contributed by atoms with Crippen LogP contribution < -0.4 is 14.4 Å². The molecule has 1 aliphatic heterocycles. The number of carbonyl (C=O) groups is 1. The van der Waals surface area contributed by atoms with Crippen LogP contribution in [0.2, 0.25) is 0 Å². The van der Waals surface area contributed by atoms with Crippen molar-refractivity contribution in [2.24, 2.45) is 0 Å². The van der Waals surface area contributed by atoms with E-state index in [4.69, 9.17) is 0 Å². The van der Waals surface area contributed by atoms with Gasteiger partial charge in [0.1, 0.15) is 5.75 Å². The summed E-state index contributed by atoms with van der Waals surface area (Å²) in [5.74, 6) is -0.726. The highest BCUT2D eigenvalue weighted by molar-refractivity contribution is 7.89. The van der Waals surface area contributed by atoms with Gasteiger partial charge in [0, 0.05) is 25.2 Å². The van der Waals surface area contributed by atoms with Crippen LogP contribution in [0.25, 0.3) is 0 Å². The topological polar surface area (TPSA) is 75.7 Å². The highest BCUT2D eigenvalue weighted by atomic mass is 32.2. The molecule has 3 rings (SSSR count). The van der Waals surface area contributed by atoms with Gasteiger partial charge in [-0.2, -0.15) is 0 Å². The van der Waals surface area contributed by atoms with Crippen LogP contribution in [0.15, 0.2) is 53.4 Å². The number of hydrogen-bond acceptors (Lipinski definition) is 4. The molecule has 1 amide bonds. The highest BCUT2D eigenvalue weighted by Gasteiger charge is 2.31. The van der Waals surface area contributed by atoms with Crippen LogP contribution in [0.5, 0.6) is 5.75 Å². The molecule has 2 aromatic carbocycles. The van der Waals surface area contributed by atoms with E-state index in [1.54, 1.807) is 4.90 Å². The molecule has 28 heavy (non-hydrogen) atoms. The number of ether oxygens (including phenoxy) is 1. The summed E-state index contributed by atoms with van der Waals surface area (Å²) in [4.78, 5) is 13.8. The lowest BCUT2D eigenvalue weighted by molar-refractivity contribution is -0.274. The number of para-hydroxylation sites is 1. The summed E-state index contributed by atoms with van der Waals surface area (Å²) in [5, 5.41) is 0. The monoisotopic (exact) mass is 414 g/mol. The molecule has 1 N–H and O–H groups in total. The van der Waals surface area contributed by atoms with E-state index in [1.165, 1.54) is 0 Å². The third kappa shape index (κ3) is 4.82. The molecule has 0 saturated carbocycles. The van der Waals surface area contributed by atoms with Gasteiger partial charge >= 0.3 is 6.36 Å². The van der Waals surface area contributed by atoms with Crippen LogP contribution in [0.4, 0.5) is 18.9 Å². The Morgan fingerprint density at radius 2 is 1.79 bits per heavy atom. The smallest absolute Gasteiger partial charge is 0.406 e. The molecule has 150 valence electrons. The molecule has 0 atom stereocenters. The first-order valence-corrected chi connectivity index (χ1v) is 9.88. The van der Waals surface area contributed by atoms with Crippen molar-refractivity contribution in [1.29, 1.82) is 0 Å². The van der Waals surface area contributed by atoms with Gasteiger partial charge < -0.3 is 9.64 Å². The van der Waals surface area contributed by atoms with Crippen molar-refractivity contribution in [3.05, 3.63) is 54.1 Å². The van der Waals surface area contributed by atoms with Gasteiger partial charge in [-0.05, 0) is 42.3 Å². The zero-order chi connectivity index (χ0) is 20.4. The number of hydrogen-bond donors (Lipinski definition) is 1. The summed E-state index contributed by atoms with van der Waals surface area (Å²) in [6.07, 6.45) is -4.14. The normalized spacial score (nSPS) is 14.0. The van der Waals surface area contributed by atoms with E-state index in [-0.39, 0.29) is 23.8 Å². The molecule has 6 nitrogen and oxygen atoms in total. The van der Waals surface area contributed by atoms with Crippen molar-refractivity contribution in [2.45, 2.75) is 24.1 Å². The number of sulfonamides is 1. The molecule has 0 radical (unpaired) electrons. The molecule has 1 heterocycles. The Hall–Kier alpha value is -2.59. The second-order valence-corrected chi connectivity index (χ2v) is 7.86. The predicted octanol–water partition coefficient (Wildman–Crippen LogP) is 2.84. The Kier molecular flexibility index (Phi) is 5.61. The predicted molar refractivity (Wildman–Crippen MR) is 95.4 cm³/mol. The SMILES string of the molecule is O=C(CCNS(=O)(=O)c1ccc(OC(F)(F)F)cc1)N1CCc2ccccc21. The quantitative estimate of drug-likeness (QED) is 0.789. The van der Waals surface area contributed by atoms with E-state index in [0.29, 0.717) is 6.54 Å². The number of halogens is 3. The molecular formula is C18H17F3N2O4S. The lowest BCUT2D eigenvalue weighted by atomic mass is 10.2. The second-order valence-electron chi connectivity index (χ2n) is 6.09. The number of amides is 1. The van der Waals surface area contributed by atoms with Crippen LogP contribution in [-0.2, 0) is 21.2 Å².